The van der Waals surface area contributed by atoms with E-state index in [9.17, 15) is 0 Å². The van der Waals surface area contributed by atoms with Gasteiger partial charge in [0.1, 0.15) is 0 Å². The molecule has 0 fully saturated rings. The molecule has 2 aromatic rings. The maximum absolute atomic E-state index is 4.70. The van der Waals surface area contributed by atoms with Gasteiger partial charge in [0.2, 0.25) is 0 Å². The Morgan fingerprint density at radius 1 is 1.24 bits per heavy atom. The first-order valence-corrected chi connectivity index (χ1v) is 7.79. The molecule has 0 aliphatic rings. The predicted molar refractivity (Wildman–Crippen MR) is 86.9 cm³/mol. The van der Waals surface area contributed by atoms with Gasteiger partial charge in [0, 0.05) is 18.1 Å². The van der Waals surface area contributed by atoms with Crippen molar-refractivity contribution in [3.8, 4) is 5.69 Å². The monoisotopic (exact) mass is 286 g/mol. The van der Waals surface area contributed by atoms with E-state index in [-0.39, 0.29) is 0 Å². The van der Waals surface area contributed by atoms with Crippen molar-refractivity contribution in [3.63, 3.8) is 0 Å². The lowest BCUT2D eigenvalue weighted by atomic mass is 9.99. The fraction of sp³-hybridized carbons (Fsp3) is 0.529. The maximum atomic E-state index is 4.70. The van der Waals surface area contributed by atoms with Crippen LogP contribution in [-0.2, 0) is 6.42 Å². The van der Waals surface area contributed by atoms with Crippen LogP contribution in [0.5, 0.6) is 0 Å². The molecule has 1 unspecified atom stereocenters. The average Bonchev–Trinajstić information content (AvgIpc) is 2.76. The lowest BCUT2D eigenvalue weighted by Crippen LogP contribution is -2.23. The van der Waals surface area contributed by atoms with Crippen LogP contribution in [0, 0.1) is 19.8 Å². The van der Waals surface area contributed by atoms with Crippen LogP contribution in [-0.4, -0.2) is 27.9 Å². The molecule has 0 aliphatic heterocycles. The molecular weight excluding hydrogens is 260 g/mol. The standard InChI is InChI=1S/C17H26N4/c1-5-8-19-12-13(2)11-17-14(3)20-21(15(17)4)16-6-9-18-10-7-16/h6-7,9-10,13,19H,5,8,11-12H2,1-4H3. The van der Waals surface area contributed by atoms with Gasteiger partial charge >= 0.3 is 0 Å². The number of hydrogen-bond acceptors (Lipinski definition) is 3. The molecule has 2 rings (SSSR count). The van der Waals surface area contributed by atoms with Crippen molar-refractivity contribution >= 4 is 0 Å². The summed E-state index contributed by atoms with van der Waals surface area (Å²) < 4.78 is 2.03. The van der Waals surface area contributed by atoms with E-state index in [1.807, 2.05) is 29.2 Å². The molecule has 4 nitrogen and oxygen atoms in total. The summed E-state index contributed by atoms with van der Waals surface area (Å²) in [6.07, 6.45) is 5.87. The van der Waals surface area contributed by atoms with Crippen molar-refractivity contribution < 1.29 is 0 Å². The van der Waals surface area contributed by atoms with E-state index in [0.29, 0.717) is 5.92 Å². The molecule has 0 amide bonds. The highest BCUT2D eigenvalue weighted by Crippen LogP contribution is 2.20. The van der Waals surface area contributed by atoms with E-state index in [4.69, 9.17) is 5.10 Å². The quantitative estimate of drug-likeness (QED) is 0.795. The van der Waals surface area contributed by atoms with Crippen LogP contribution in [0.3, 0.4) is 0 Å². The number of aryl methyl sites for hydroxylation is 1. The highest BCUT2D eigenvalue weighted by molar-refractivity contribution is 5.35. The molecule has 0 saturated carbocycles. The summed E-state index contributed by atoms with van der Waals surface area (Å²) in [6.45, 7) is 10.9. The van der Waals surface area contributed by atoms with Crippen LogP contribution in [0.15, 0.2) is 24.5 Å². The molecule has 0 radical (unpaired) electrons. The van der Waals surface area contributed by atoms with Gasteiger partial charge in [-0.05, 0) is 63.4 Å². The Morgan fingerprint density at radius 3 is 2.62 bits per heavy atom. The molecule has 1 N–H and O–H groups in total. The lowest BCUT2D eigenvalue weighted by Gasteiger charge is -2.13. The zero-order valence-corrected chi connectivity index (χ0v) is 13.6. The number of aromatic nitrogens is 3. The van der Waals surface area contributed by atoms with Gasteiger partial charge in [-0.2, -0.15) is 5.10 Å². The van der Waals surface area contributed by atoms with Crippen LogP contribution >= 0.6 is 0 Å². The third kappa shape index (κ3) is 3.91. The summed E-state index contributed by atoms with van der Waals surface area (Å²) in [5.41, 5.74) is 4.82. The lowest BCUT2D eigenvalue weighted by molar-refractivity contribution is 0.509. The zero-order chi connectivity index (χ0) is 15.2. The number of hydrogen-bond donors (Lipinski definition) is 1. The van der Waals surface area contributed by atoms with Crippen molar-refractivity contribution in [1.82, 2.24) is 20.1 Å². The minimum absolute atomic E-state index is 0.615. The predicted octanol–water partition coefficient (Wildman–Crippen LogP) is 3.06. The Balaban J connectivity index is 2.13. The van der Waals surface area contributed by atoms with E-state index in [2.05, 4.69) is 38.0 Å². The Morgan fingerprint density at radius 2 is 1.95 bits per heavy atom. The van der Waals surface area contributed by atoms with Crippen molar-refractivity contribution in [2.75, 3.05) is 13.1 Å². The van der Waals surface area contributed by atoms with Crippen molar-refractivity contribution in [1.29, 1.82) is 0 Å². The molecule has 21 heavy (non-hydrogen) atoms. The molecule has 0 aromatic carbocycles. The molecule has 114 valence electrons. The summed E-state index contributed by atoms with van der Waals surface area (Å²) in [4.78, 5) is 4.07. The van der Waals surface area contributed by atoms with Gasteiger partial charge < -0.3 is 5.32 Å². The fourth-order valence-corrected chi connectivity index (χ4v) is 2.65. The first-order chi connectivity index (χ1) is 10.1. The second-order valence-electron chi connectivity index (χ2n) is 5.78. The van der Waals surface area contributed by atoms with Gasteiger partial charge in [-0.3, -0.25) is 4.98 Å². The summed E-state index contributed by atoms with van der Waals surface area (Å²) >= 11 is 0. The summed E-state index contributed by atoms with van der Waals surface area (Å²) in [6, 6.07) is 3.99. The van der Waals surface area contributed by atoms with Crippen LogP contribution in [0.2, 0.25) is 0 Å². The highest BCUT2D eigenvalue weighted by Gasteiger charge is 2.15. The first kappa shape index (κ1) is 15.7. The molecule has 0 bridgehead atoms. The molecule has 2 heterocycles. The second kappa shape index (κ2) is 7.36. The van der Waals surface area contributed by atoms with Crippen molar-refractivity contribution in [2.24, 2.45) is 5.92 Å². The number of rotatable bonds is 7. The summed E-state index contributed by atoms with van der Waals surface area (Å²) in [5, 5.41) is 8.20. The molecule has 0 aliphatic carbocycles. The molecule has 0 spiro atoms. The van der Waals surface area contributed by atoms with Gasteiger partial charge in [0.25, 0.3) is 0 Å². The Bertz CT molecular complexity index is 560. The summed E-state index contributed by atoms with van der Waals surface area (Å²) in [5.74, 6) is 0.615. The highest BCUT2D eigenvalue weighted by atomic mass is 15.3. The van der Waals surface area contributed by atoms with E-state index in [1.165, 1.54) is 17.7 Å². The molecular formula is C17H26N4. The minimum atomic E-state index is 0.615. The largest absolute Gasteiger partial charge is 0.316 e. The maximum Gasteiger partial charge on any atom is 0.0679 e. The van der Waals surface area contributed by atoms with E-state index in [0.717, 1.165) is 30.9 Å². The first-order valence-electron chi connectivity index (χ1n) is 7.79. The van der Waals surface area contributed by atoms with Crippen LogP contribution in [0.4, 0.5) is 0 Å². The topological polar surface area (TPSA) is 42.7 Å². The Hall–Kier alpha value is -1.68. The van der Waals surface area contributed by atoms with E-state index >= 15 is 0 Å². The number of nitrogens with zero attached hydrogens (tertiary/aromatic N) is 3. The van der Waals surface area contributed by atoms with Crippen LogP contribution in [0.1, 0.15) is 37.2 Å². The van der Waals surface area contributed by atoms with Gasteiger partial charge in [-0.15, -0.1) is 0 Å². The molecule has 1 atom stereocenters. The van der Waals surface area contributed by atoms with Gasteiger partial charge in [-0.1, -0.05) is 13.8 Å². The third-order valence-corrected chi connectivity index (χ3v) is 3.82. The normalized spacial score (nSPS) is 12.6. The van der Waals surface area contributed by atoms with E-state index < -0.39 is 0 Å². The number of nitrogens with one attached hydrogen (secondary N) is 1. The van der Waals surface area contributed by atoms with Crippen molar-refractivity contribution in [3.05, 3.63) is 41.5 Å². The zero-order valence-electron chi connectivity index (χ0n) is 13.6. The van der Waals surface area contributed by atoms with E-state index in [1.54, 1.807) is 0 Å². The average molecular weight is 286 g/mol. The van der Waals surface area contributed by atoms with Crippen LogP contribution in [0.25, 0.3) is 5.69 Å². The number of pyridine rings is 1. The van der Waals surface area contributed by atoms with Gasteiger partial charge in [-0.25, -0.2) is 4.68 Å². The summed E-state index contributed by atoms with van der Waals surface area (Å²) in [7, 11) is 0. The fourth-order valence-electron chi connectivity index (χ4n) is 2.65. The van der Waals surface area contributed by atoms with Gasteiger partial charge in [0.05, 0.1) is 11.4 Å². The molecule has 2 aromatic heterocycles. The second-order valence-corrected chi connectivity index (χ2v) is 5.78. The molecule has 0 saturated heterocycles. The molecule has 4 heteroatoms. The Labute approximate surface area is 127 Å². The third-order valence-electron chi connectivity index (χ3n) is 3.82. The van der Waals surface area contributed by atoms with Crippen molar-refractivity contribution in [2.45, 2.75) is 40.5 Å². The van der Waals surface area contributed by atoms with Gasteiger partial charge in [0.15, 0.2) is 0 Å². The Kier molecular flexibility index (Phi) is 5.51. The smallest absolute Gasteiger partial charge is 0.0679 e. The van der Waals surface area contributed by atoms with Crippen LogP contribution < -0.4 is 5.32 Å². The SMILES string of the molecule is CCCNCC(C)Cc1c(C)nn(-c2ccncc2)c1C. The minimum Gasteiger partial charge on any atom is -0.316 e.